The number of carbonyl (C=O) groups excluding carboxylic acids is 2. The van der Waals surface area contributed by atoms with Gasteiger partial charge in [-0.15, -0.1) is 0 Å². The number of anilines is 1. The van der Waals surface area contributed by atoms with Crippen molar-refractivity contribution in [1.82, 2.24) is 14.5 Å². The molecule has 0 unspecified atom stereocenters. The van der Waals surface area contributed by atoms with Gasteiger partial charge in [0.2, 0.25) is 11.8 Å². The number of hydrogen-bond acceptors (Lipinski definition) is 4. The quantitative estimate of drug-likeness (QED) is 0.554. The van der Waals surface area contributed by atoms with Crippen molar-refractivity contribution < 1.29 is 9.59 Å². The highest BCUT2D eigenvalue weighted by Gasteiger charge is 2.15. The highest BCUT2D eigenvalue weighted by atomic mass is 35.5. The molecule has 0 aliphatic carbocycles. The van der Waals surface area contributed by atoms with E-state index in [-0.39, 0.29) is 24.1 Å². The maximum Gasteiger partial charge on any atom is 0.244 e. The van der Waals surface area contributed by atoms with Crippen LogP contribution < -0.4 is 5.32 Å². The molecule has 1 heterocycles. The molecule has 0 bridgehead atoms. The molecule has 3 rings (SSSR count). The van der Waals surface area contributed by atoms with Gasteiger partial charge in [-0.2, -0.15) is 0 Å². The third kappa shape index (κ3) is 6.10. The number of imidazole rings is 1. The first-order valence-corrected chi connectivity index (χ1v) is 10.4. The predicted octanol–water partition coefficient (Wildman–Crippen LogP) is 3.77. The van der Waals surface area contributed by atoms with Gasteiger partial charge in [0.15, 0.2) is 5.16 Å². The first-order valence-electron chi connectivity index (χ1n) is 8.99. The molecule has 3 aromatic rings. The summed E-state index contributed by atoms with van der Waals surface area (Å²) in [6.07, 6.45) is 3.61. The third-order valence-corrected chi connectivity index (χ3v) is 5.47. The van der Waals surface area contributed by atoms with Gasteiger partial charge in [0, 0.05) is 26.0 Å². The van der Waals surface area contributed by atoms with Crippen molar-refractivity contribution in [3.63, 3.8) is 0 Å². The summed E-state index contributed by atoms with van der Waals surface area (Å²) in [7, 11) is 1.60. The van der Waals surface area contributed by atoms with Crippen molar-refractivity contribution in [2.45, 2.75) is 11.7 Å². The van der Waals surface area contributed by atoms with Crippen LogP contribution >= 0.6 is 23.4 Å². The lowest BCUT2D eigenvalue weighted by atomic mass is 10.2. The molecule has 0 spiro atoms. The summed E-state index contributed by atoms with van der Waals surface area (Å²) < 4.78 is 2.00. The zero-order valence-corrected chi connectivity index (χ0v) is 17.5. The molecular formula is C21H21ClN4O2S. The SMILES string of the molecule is CN(CC(=O)Nc1ccccc1Cl)C(=O)CSc1nccn1Cc1ccccc1. The Labute approximate surface area is 178 Å². The maximum absolute atomic E-state index is 12.4. The zero-order valence-electron chi connectivity index (χ0n) is 15.9. The molecule has 6 nitrogen and oxygen atoms in total. The highest BCUT2D eigenvalue weighted by Crippen LogP contribution is 2.20. The summed E-state index contributed by atoms with van der Waals surface area (Å²) >= 11 is 7.39. The summed E-state index contributed by atoms with van der Waals surface area (Å²) in [5, 5.41) is 3.93. The second-order valence-electron chi connectivity index (χ2n) is 6.39. The van der Waals surface area contributed by atoms with Gasteiger partial charge in [0.25, 0.3) is 0 Å². The minimum Gasteiger partial charge on any atom is -0.336 e. The molecule has 1 aromatic heterocycles. The van der Waals surface area contributed by atoms with Gasteiger partial charge in [-0.05, 0) is 17.7 Å². The van der Waals surface area contributed by atoms with Crippen LogP contribution in [-0.4, -0.2) is 45.6 Å². The van der Waals surface area contributed by atoms with Gasteiger partial charge in [-0.3, -0.25) is 9.59 Å². The Bertz CT molecular complexity index is 978. The number of aromatic nitrogens is 2. The number of amides is 2. The fraction of sp³-hybridized carbons (Fsp3) is 0.190. The number of thioether (sulfide) groups is 1. The van der Waals surface area contributed by atoms with E-state index in [2.05, 4.69) is 10.3 Å². The summed E-state index contributed by atoms with van der Waals surface area (Å²) in [6, 6.07) is 17.0. The van der Waals surface area contributed by atoms with Gasteiger partial charge in [-0.25, -0.2) is 4.98 Å². The second kappa shape index (κ2) is 10.1. The number of para-hydroxylation sites is 1. The van der Waals surface area contributed by atoms with Crippen LogP contribution in [0, 0.1) is 0 Å². The van der Waals surface area contributed by atoms with Gasteiger partial charge in [0.1, 0.15) is 0 Å². The molecule has 1 N–H and O–H groups in total. The van der Waals surface area contributed by atoms with E-state index in [9.17, 15) is 9.59 Å². The Morgan fingerprint density at radius 2 is 1.86 bits per heavy atom. The van der Waals surface area contributed by atoms with Crippen molar-refractivity contribution in [2.75, 3.05) is 24.7 Å². The molecule has 2 amide bonds. The average molecular weight is 429 g/mol. The standard InChI is InChI=1S/C21H21ClN4O2S/c1-25(14-19(27)24-18-10-6-5-9-17(18)22)20(28)15-29-21-23-11-12-26(21)13-16-7-3-2-4-8-16/h2-12H,13-15H2,1H3,(H,24,27). The molecule has 2 aromatic carbocycles. The van der Waals surface area contributed by atoms with Crippen molar-refractivity contribution in [3.05, 3.63) is 77.6 Å². The summed E-state index contributed by atoms with van der Waals surface area (Å²) in [5.41, 5.74) is 1.68. The van der Waals surface area contributed by atoms with Crippen LogP contribution in [0.25, 0.3) is 0 Å². The molecule has 150 valence electrons. The molecule has 0 aliphatic heterocycles. The molecule has 0 atom stereocenters. The van der Waals surface area contributed by atoms with Crippen LogP contribution in [0.2, 0.25) is 5.02 Å². The van der Waals surface area contributed by atoms with Crippen molar-refractivity contribution in [2.24, 2.45) is 0 Å². The Kier molecular flexibility index (Phi) is 7.32. The number of carbonyl (C=O) groups is 2. The van der Waals surface area contributed by atoms with Gasteiger partial charge >= 0.3 is 0 Å². The first-order chi connectivity index (χ1) is 14.0. The average Bonchev–Trinajstić information content (AvgIpc) is 3.15. The minimum atomic E-state index is -0.301. The number of likely N-dealkylation sites (N-methyl/N-ethyl adjacent to an activating group) is 1. The van der Waals surface area contributed by atoms with Crippen LogP contribution in [0.5, 0.6) is 0 Å². The van der Waals surface area contributed by atoms with E-state index in [1.54, 1.807) is 37.5 Å². The van der Waals surface area contributed by atoms with Crippen LogP contribution in [0.3, 0.4) is 0 Å². The van der Waals surface area contributed by atoms with E-state index in [1.165, 1.54) is 16.7 Å². The lowest BCUT2D eigenvalue weighted by Gasteiger charge is -2.17. The lowest BCUT2D eigenvalue weighted by molar-refractivity contribution is -0.131. The lowest BCUT2D eigenvalue weighted by Crippen LogP contribution is -2.36. The van der Waals surface area contributed by atoms with E-state index in [4.69, 9.17) is 11.6 Å². The van der Waals surface area contributed by atoms with Gasteiger partial charge < -0.3 is 14.8 Å². The summed E-state index contributed by atoms with van der Waals surface area (Å²) in [4.78, 5) is 30.3. The van der Waals surface area contributed by atoms with E-state index in [1.807, 2.05) is 41.1 Å². The predicted molar refractivity (Wildman–Crippen MR) is 116 cm³/mol. The highest BCUT2D eigenvalue weighted by molar-refractivity contribution is 7.99. The number of benzene rings is 2. The molecule has 0 saturated heterocycles. The topological polar surface area (TPSA) is 67.2 Å². The molecule has 0 fully saturated rings. The summed E-state index contributed by atoms with van der Waals surface area (Å²) in [5.74, 6) is -0.259. The fourth-order valence-corrected chi connectivity index (χ4v) is 3.71. The van der Waals surface area contributed by atoms with Crippen LogP contribution in [0.15, 0.2) is 72.1 Å². The Hall–Kier alpha value is -2.77. The molecule has 0 aliphatic rings. The first kappa shape index (κ1) is 21.0. The van der Waals surface area contributed by atoms with Crippen molar-refractivity contribution in [3.8, 4) is 0 Å². The Balaban J connectivity index is 1.50. The number of nitrogens with one attached hydrogen (secondary N) is 1. The Morgan fingerprint density at radius 1 is 1.14 bits per heavy atom. The van der Waals surface area contributed by atoms with Gasteiger partial charge in [-0.1, -0.05) is 65.8 Å². The maximum atomic E-state index is 12.4. The van der Waals surface area contributed by atoms with Crippen molar-refractivity contribution >= 4 is 40.9 Å². The molecular weight excluding hydrogens is 408 g/mol. The third-order valence-electron chi connectivity index (χ3n) is 4.15. The normalized spacial score (nSPS) is 10.6. The van der Waals surface area contributed by atoms with Crippen molar-refractivity contribution in [1.29, 1.82) is 0 Å². The van der Waals surface area contributed by atoms with Crippen LogP contribution in [0.1, 0.15) is 5.56 Å². The van der Waals surface area contributed by atoms with E-state index < -0.39 is 0 Å². The molecule has 0 radical (unpaired) electrons. The molecule has 29 heavy (non-hydrogen) atoms. The van der Waals surface area contributed by atoms with E-state index >= 15 is 0 Å². The Morgan fingerprint density at radius 3 is 2.62 bits per heavy atom. The number of rotatable bonds is 8. The largest absolute Gasteiger partial charge is 0.336 e. The molecule has 0 saturated carbocycles. The number of nitrogens with zero attached hydrogens (tertiary/aromatic N) is 3. The smallest absolute Gasteiger partial charge is 0.244 e. The number of halogens is 1. The van der Waals surface area contributed by atoms with Crippen LogP contribution in [0.4, 0.5) is 5.69 Å². The molecule has 8 heteroatoms. The second-order valence-corrected chi connectivity index (χ2v) is 7.74. The monoisotopic (exact) mass is 428 g/mol. The summed E-state index contributed by atoms with van der Waals surface area (Å²) in [6.45, 7) is 0.635. The minimum absolute atomic E-state index is 0.0525. The van der Waals surface area contributed by atoms with Gasteiger partial charge in [0.05, 0.1) is 23.0 Å². The number of hydrogen-bond donors (Lipinski definition) is 1. The fourth-order valence-electron chi connectivity index (χ4n) is 2.63. The zero-order chi connectivity index (χ0) is 20.6. The van der Waals surface area contributed by atoms with E-state index in [0.717, 1.165) is 10.7 Å². The van der Waals surface area contributed by atoms with E-state index in [0.29, 0.717) is 17.3 Å². The van der Waals surface area contributed by atoms with Crippen LogP contribution in [-0.2, 0) is 16.1 Å².